The van der Waals surface area contributed by atoms with E-state index in [4.69, 9.17) is 0 Å². The summed E-state index contributed by atoms with van der Waals surface area (Å²) < 4.78 is 4.68. The first-order valence-electron chi connectivity index (χ1n) is 5.29. The fraction of sp³-hybridized carbons (Fsp3) is 0.308. The molecule has 0 saturated heterocycles. The molecule has 0 aliphatic heterocycles. The summed E-state index contributed by atoms with van der Waals surface area (Å²) in [5.41, 5.74) is 0.572. The molecule has 0 aromatic heterocycles. The van der Waals surface area contributed by atoms with Crippen LogP contribution in [-0.4, -0.2) is 21.2 Å². The van der Waals surface area contributed by atoms with Gasteiger partial charge in [-0.05, 0) is 6.04 Å². The Kier molecular flexibility index (Phi) is 4.07. The summed E-state index contributed by atoms with van der Waals surface area (Å²) in [6.07, 6.45) is 0. The molecular formula is C13H18O2Si. The van der Waals surface area contributed by atoms with Crippen molar-refractivity contribution >= 4 is 19.2 Å². The lowest BCUT2D eigenvalue weighted by atomic mass is 10.3. The maximum absolute atomic E-state index is 11.3. The van der Waals surface area contributed by atoms with Crippen molar-refractivity contribution in [1.29, 1.82) is 0 Å². The number of hydrogen-bond donors (Lipinski definition) is 0. The van der Waals surface area contributed by atoms with Crippen LogP contribution in [0.15, 0.2) is 42.5 Å². The molecule has 0 fully saturated rings. The Balaban J connectivity index is 2.80. The molecule has 0 N–H and O–H groups in total. The second kappa shape index (κ2) is 5.12. The second-order valence-electron chi connectivity index (χ2n) is 4.52. The number of benzene rings is 1. The predicted molar refractivity (Wildman–Crippen MR) is 69.5 cm³/mol. The molecule has 86 valence electrons. The molecule has 0 spiro atoms. The quantitative estimate of drug-likeness (QED) is 0.454. The Morgan fingerprint density at radius 3 is 2.38 bits per heavy atom. The standard InChI is InChI=1S/C13H18O2Si/c1-11(13(14)15-2)10-16(3,4)12-8-6-5-7-9-12/h5-9H,1,10H2,2-4H3. The Morgan fingerprint density at radius 2 is 1.88 bits per heavy atom. The summed E-state index contributed by atoms with van der Waals surface area (Å²) in [7, 11) is -0.228. The zero-order valence-electron chi connectivity index (χ0n) is 10.1. The van der Waals surface area contributed by atoms with Gasteiger partial charge in [-0.25, -0.2) is 4.79 Å². The summed E-state index contributed by atoms with van der Waals surface area (Å²) in [6, 6.07) is 11.1. The molecule has 0 saturated carbocycles. The van der Waals surface area contributed by atoms with E-state index in [1.54, 1.807) is 0 Å². The topological polar surface area (TPSA) is 26.3 Å². The fourth-order valence-corrected chi connectivity index (χ4v) is 4.25. The third-order valence-corrected chi connectivity index (χ3v) is 5.89. The van der Waals surface area contributed by atoms with Gasteiger partial charge in [0.1, 0.15) is 0 Å². The van der Waals surface area contributed by atoms with E-state index >= 15 is 0 Å². The van der Waals surface area contributed by atoms with Crippen LogP contribution >= 0.6 is 0 Å². The van der Waals surface area contributed by atoms with Crippen LogP contribution in [0, 0.1) is 0 Å². The lowest BCUT2D eigenvalue weighted by molar-refractivity contribution is -0.136. The second-order valence-corrected chi connectivity index (χ2v) is 9.22. The average molecular weight is 234 g/mol. The van der Waals surface area contributed by atoms with E-state index in [-0.39, 0.29) is 5.97 Å². The summed E-state index contributed by atoms with van der Waals surface area (Å²) in [5.74, 6) is -0.295. The number of esters is 1. The Hall–Kier alpha value is -1.35. The third-order valence-electron chi connectivity index (χ3n) is 2.68. The molecule has 0 aliphatic carbocycles. The van der Waals surface area contributed by atoms with Crippen LogP contribution in [0.2, 0.25) is 19.1 Å². The highest BCUT2D eigenvalue weighted by Gasteiger charge is 2.26. The van der Waals surface area contributed by atoms with Gasteiger partial charge in [0.05, 0.1) is 15.2 Å². The SMILES string of the molecule is C=C(C[Si](C)(C)c1ccccc1)C(=O)OC. The zero-order chi connectivity index (χ0) is 12.2. The van der Waals surface area contributed by atoms with Crippen LogP contribution in [-0.2, 0) is 9.53 Å². The van der Waals surface area contributed by atoms with Gasteiger partial charge in [-0.1, -0.05) is 55.2 Å². The Labute approximate surface area is 98.0 Å². The molecule has 0 atom stereocenters. The van der Waals surface area contributed by atoms with Gasteiger partial charge in [0.25, 0.3) is 0 Å². The maximum Gasteiger partial charge on any atom is 0.332 e. The lowest BCUT2D eigenvalue weighted by Gasteiger charge is -2.23. The summed E-state index contributed by atoms with van der Waals surface area (Å²) in [4.78, 5) is 11.3. The van der Waals surface area contributed by atoms with Crippen molar-refractivity contribution in [3.05, 3.63) is 42.5 Å². The van der Waals surface area contributed by atoms with Gasteiger partial charge in [-0.15, -0.1) is 0 Å². The monoisotopic (exact) mass is 234 g/mol. The van der Waals surface area contributed by atoms with Crippen LogP contribution in [0.4, 0.5) is 0 Å². The molecule has 0 amide bonds. The van der Waals surface area contributed by atoms with Crippen LogP contribution in [0.3, 0.4) is 0 Å². The van der Waals surface area contributed by atoms with E-state index in [1.807, 2.05) is 18.2 Å². The number of rotatable bonds is 4. The zero-order valence-corrected chi connectivity index (χ0v) is 11.1. The van der Waals surface area contributed by atoms with Crippen LogP contribution in [0.1, 0.15) is 0 Å². The number of hydrogen-bond acceptors (Lipinski definition) is 2. The number of carbonyl (C=O) groups excluding carboxylic acids is 1. The van der Waals surface area contributed by atoms with Crippen molar-refractivity contribution in [2.24, 2.45) is 0 Å². The van der Waals surface area contributed by atoms with E-state index in [1.165, 1.54) is 12.3 Å². The summed E-state index contributed by atoms with van der Waals surface area (Å²) >= 11 is 0. The molecule has 0 heterocycles. The van der Waals surface area contributed by atoms with E-state index in [9.17, 15) is 4.79 Å². The molecule has 16 heavy (non-hydrogen) atoms. The summed E-state index contributed by atoms with van der Waals surface area (Å²) in [5, 5.41) is 1.33. The number of ether oxygens (including phenoxy) is 1. The van der Waals surface area contributed by atoms with E-state index in [0.717, 1.165) is 6.04 Å². The molecule has 1 aromatic carbocycles. The van der Waals surface area contributed by atoms with Gasteiger partial charge < -0.3 is 4.74 Å². The van der Waals surface area contributed by atoms with Gasteiger partial charge >= 0.3 is 5.97 Å². The molecule has 0 bridgehead atoms. The first kappa shape index (κ1) is 12.7. The lowest BCUT2D eigenvalue weighted by Crippen LogP contribution is -2.41. The number of carbonyl (C=O) groups is 1. The molecular weight excluding hydrogens is 216 g/mol. The third kappa shape index (κ3) is 3.07. The van der Waals surface area contributed by atoms with Crippen molar-refractivity contribution in [3.8, 4) is 0 Å². The summed E-state index contributed by atoms with van der Waals surface area (Å²) in [6.45, 7) is 8.26. The Morgan fingerprint density at radius 1 is 1.31 bits per heavy atom. The van der Waals surface area contributed by atoms with Crippen LogP contribution in [0.25, 0.3) is 0 Å². The van der Waals surface area contributed by atoms with E-state index in [2.05, 4.69) is 36.5 Å². The molecule has 0 radical (unpaired) electrons. The van der Waals surface area contributed by atoms with Gasteiger partial charge in [-0.2, -0.15) is 0 Å². The minimum atomic E-state index is -1.62. The first-order valence-corrected chi connectivity index (χ1v) is 8.49. The fourth-order valence-electron chi connectivity index (χ4n) is 1.74. The molecule has 3 heteroatoms. The average Bonchev–Trinajstić information content (AvgIpc) is 2.28. The normalized spacial score (nSPS) is 10.9. The van der Waals surface area contributed by atoms with Crippen molar-refractivity contribution in [2.45, 2.75) is 19.1 Å². The smallest absolute Gasteiger partial charge is 0.332 e. The first-order chi connectivity index (χ1) is 7.47. The molecule has 2 nitrogen and oxygen atoms in total. The minimum Gasteiger partial charge on any atom is -0.466 e. The van der Waals surface area contributed by atoms with Crippen molar-refractivity contribution in [1.82, 2.24) is 0 Å². The minimum absolute atomic E-state index is 0.295. The predicted octanol–water partition coefficient (Wildman–Crippen LogP) is 2.33. The van der Waals surface area contributed by atoms with Crippen molar-refractivity contribution in [2.75, 3.05) is 7.11 Å². The number of methoxy groups -OCH3 is 1. The molecule has 0 unspecified atom stereocenters. The van der Waals surface area contributed by atoms with Gasteiger partial charge in [0, 0.05) is 5.57 Å². The van der Waals surface area contributed by atoms with Crippen LogP contribution < -0.4 is 5.19 Å². The Bertz CT molecular complexity index is 382. The molecule has 0 aliphatic rings. The highest BCUT2D eigenvalue weighted by atomic mass is 28.3. The van der Waals surface area contributed by atoms with Crippen LogP contribution in [0.5, 0.6) is 0 Å². The molecule has 1 rings (SSSR count). The largest absolute Gasteiger partial charge is 0.466 e. The maximum atomic E-state index is 11.3. The van der Waals surface area contributed by atoms with Gasteiger partial charge in [-0.3, -0.25) is 0 Å². The van der Waals surface area contributed by atoms with Crippen molar-refractivity contribution in [3.63, 3.8) is 0 Å². The molecule has 1 aromatic rings. The van der Waals surface area contributed by atoms with Gasteiger partial charge in [0.15, 0.2) is 0 Å². The van der Waals surface area contributed by atoms with Gasteiger partial charge in [0.2, 0.25) is 0 Å². The highest BCUT2D eigenvalue weighted by molar-refractivity contribution is 6.90. The van der Waals surface area contributed by atoms with Crippen molar-refractivity contribution < 1.29 is 9.53 Å². The van der Waals surface area contributed by atoms with E-state index < -0.39 is 8.07 Å². The van der Waals surface area contributed by atoms with E-state index in [0.29, 0.717) is 5.57 Å². The highest BCUT2D eigenvalue weighted by Crippen LogP contribution is 2.16.